The Kier molecular flexibility index (Phi) is 4.91. The lowest BCUT2D eigenvalue weighted by Gasteiger charge is -2.17. The predicted octanol–water partition coefficient (Wildman–Crippen LogP) is 4.94. The first-order valence-electron chi connectivity index (χ1n) is 9.71. The molecular weight excluding hydrogens is 444 g/mol. The highest BCUT2D eigenvalue weighted by atomic mass is 32.1. The number of carbonyl (C=O) groups is 3. The van der Waals surface area contributed by atoms with Gasteiger partial charge in [-0.05, 0) is 60.7 Å². The van der Waals surface area contributed by atoms with Crippen molar-refractivity contribution in [3.05, 3.63) is 81.7 Å². The molecule has 1 aliphatic heterocycles. The monoisotopic (exact) mass is 460 g/mol. The zero-order valence-electron chi connectivity index (χ0n) is 17.1. The van der Waals surface area contributed by atoms with Gasteiger partial charge in [0.15, 0.2) is 5.01 Å². The average Bonchev–Trinajstić information content (AvgIpc) is 3.51. The largest absolute Gasteiger partial charge is 0.296 e. The van der Waals surface area contributed by atoms with Crippen LogP contribution in [0.25, 0.3) is 9.88 Å². The maximum atomic E-state index is 13.1. The molecule has 9 heteroatoms. The van der Waals surface area contributed by atoms with Gasteiger partial charge in [0.2, 0.25) is 5.13 Å². The Morgan fingerprint density at radius 3 is 2.56 bits per heavy atom. The number of nitrogens with zero attached hydrogens (tertiary/aromatic N) is 3. The molecule has 0 saturated heterocycles. The van der Waals surface area contributed by atoms with E-state index in [9.17, 15) is 14.4 Å². The zero-order chi connectivity index (χ0) is 22.4. The van der Waals surface area contributed by atoms with Crippen molar-refractivity contribution in [3.8, 4) is 9.88 Å². The summed E-state index contributed by atoms with van der Waals surface area (Å²) < 4.78 is 0. The van der Waals surface area contributed by atoms with E-state index < -0.39 is 17.7 Å². The van der Waals surface area contributed by atoms with E-state index in [2.05, 4.69) is 15.5 Å². The molecule has 0 saturated carbocycles. The van der Waals surface area contributed by atoms with E-state index in [1.54, 1.807) is 0 Å². The second-order valence-corrected chi connectivity index (χ2v) is 9.27. The van der Waals surface area contributed by atoms with Crippen LogP contribution in [0.5, 0.6) is 0 Å². The number of thiophene rings is 1. The fourth-order valence-corrected chi connectivity index (χ4v) is 5.03. The van der Waals surface area contributed by atoms with Crippen molar-refractivity contribution >= 4 is 51.2 Å². The number of hydrogen-bond donors (Lipinski definition) is 1. The van der Waals surface area contributed by atoms with Gasteiger partial charge in [-0.15, -0.1) is 21.5 Å². The van der Waals surface area contributed by atoms with E-state index >= 15 is 0 Å². The van der Waals surface area contributed by atoms with Crippen LogP contribution in [0.2, 0.25) is 0 Å². The lowest BCUT2D eigenvalue weighted by atomic mass is 10.1. The average molecular weight is 461 g/mol. The lowest BCUT2D eigenvalue weighted by molar-refractivity contribution is 0.0925. The molecule has 32 heavy (non-hydrogen) atoms. The first-order chi connectivity index (χ1) is 15.4. The molecule has 1 N–H and O–H groups in total. The van der Waals surface area contributed by atoms with Crippen LogP contribution < -0.4 is 10.2 Å². The molecular formula is C23H16N4O3S2. The van der Waals surface area contributed by atoms with E-state index in [0.29, 0.717) is 15.8 Å². The van der Waals surface area contributed by atoms with Crippen LogP contribution in [0.15, 0.2) is 53.9 Å². The maximum Gasteiger partial charge on any atom is 0.266 e. The van der Waals surface area contributed by atoms with E-state index in [0.717, 1.165) is 16.0 Å². The molecule has 0 aliphatic carbocycles. The van der Waals surface area contributed by atoms with E-state index in [4.69, 9.17) is 0 Å². The summed E-state index contributed by atoms with van der Waals surface area (Å²) in [5.74, 6) is -1.26. The highest BCUT2D eigenvalue weighted by Crippen LogP contribution is 2.33. The summed E-state index contributed by atoms with van der Waals surface area (Å²) in [6, 6.07) is 14.0. The van der Waals surface area contributed by atoms with Crippen molar-refractivity contribution in [2.24, 2.45) is 0 Å². The normalized spacial score (nSPS) is 12.9. The Bertz CT molecular complexity index is 1390. The summed E-state index contributed by atoms with van der Waals surface area (Å²) in [5.41, 5.74) is 3.07. The number of aromatic nitrogens is 2. The number of carbonyl (C=O) groups excluding carboxylic acids is 3. The third-order valence-corrected chi connectivity index (χ3v) is 7.01. The first kappa shape index (κ1) is 20.2. The van der Waals surface area contributed by atoms with Gasteiger partial charge in [0.05, 0.1) is 21.7 Å². The zero-order valence-corrected chi connectivity index (χ0v) is 18.7. The molecule has 5 rings (SSSR count). The van der Waals surface area contributed by atoms with Crippen molar-refractivity contribution in [2.75, 3.05) is 10.2 Å². The van der Waals surface area contributed by atoms with Crippen LogP contribution >= 0.6 is 22.7 Å². The van der Waals surface area contributed by atoms with Gasteiger partial charge in [0.1, 0.15) is 0 Å². The van der Waals surface area contributed by atoms with Crippen LogP contribution in [0.4, 0.5) is 10.8 Å². The van der Waals surface area contributed by atoms with Gasteiger partial charge < -0.3 is 0 Å². The molecule has 2 aromatic heterocycles. The molecule has 0 unspecified atom stereocenters. The second kappa shape index (κ2) is 7.77. The lowest BCUT2D eigenvalue weighted by Crippen LogP contribution is -2.30. The van der Waals surface area contributed by atoms with E-state index in [1.165, 1.54) is 45.8 Å². The van der Waals surface area contributed by atoms with Gasteiger partial charge in [-0.3, -0.25) is 19.7 Å². The van der Waals surface area contributed by atoms with Gasteiger partial charge in [0, 0.05) is 5.56 Å². The number of imide groups is 1. The smallest absolute Gasteiger partial charge is 0.266 e. The molecule has 0 spiro atoms. The first-order valence-corrected chi connectivity index (χ1v) is 11.4. The highest BCUT2D eigenvalue weighted by molar-refractivity contribution is 7.23. The molecule has 0 radical (unpaired) electrons. The molecule has 7 nitrogen and oxygen atoms in total. The Labute approximate surface area is 191 Å². The van der Waals surface area contributed by atoms with Crippen molar-refractivity contribution < 1.29 is 14.4 Å². The number of aryl methyl sites for hydroxylation is 2. The number of hydrogen-bond acceptors (Lipinski definition) is 7. The number of fused-ring (bicyclic) bond motifs is 1. The number of nitrogens with one attached hydrogen (secondary N) is 1. The van der Waals surface area contributed by atoms with Crippen molar-refractivity contribution in [1.82, 2.24) is 10.2 Å². The topological polar surface area (TPSA) is 92.3 Å². The Morgan fingerprint density at radius 2 is 1.78 bits per heavy atom. The molecule has 4 aromatic rings. The van der Waals surface area contributed by atoms with Crippen molar-refractivity contribution in [1.29, 1.82) is 0 Å². The van der Waals surface area contributed by atoms with Gasteiger partial charge in [-0.1, -0.05) is 29.5 Å². The van der Waals surface area contributed by atoms with Crippen LogP contribution in [-0.4, -0.2) is 27.9 Å². The minimum atomic E-state index is -0.441. The summed E-state index contributed by atoms with van der Waals surface area (Å²) in [7, 11) is 0. The summed E-state index contributed by atoms with van der Waals surface area (Å²) in [4.78, 5) is 41.0. The summed E-state index contributed by atoms with van der Waals surface area (Å²) in [6.07, 6.45) is 0. The molecule has 2 aromatic carbocycles. The minimum absolute atomic E-state index is 0.208. The van der Waals surface area contributed by atoms with Crippen LogP contribution in [-0.2, 0) is 0 Å². The predicted molar refractivity (Wildman–Crippen MR) is 125 cm³/mol. The number of amides is 3. The highest BCUT2D eigenvalue weighted by Gasteiger charge is 2.37. The number of anilines is 2. The van der Waals surface area contributed by atoms with Crippen molar-refractivity contribution in [2.45, 2.75) is 13.8 Å². The second-order valence-electron chi connectivity index (χ2n) is 7.34. The summed E-state index contributed by atoms with van der Waals surface area (Å²) >= 11 is 2.81. The van der Waals surface area contributed by atoms with Gasteiger partial charge >= 0.3 is 0 Å². The van der Waals surface area contributed by atoms with Gasteiger partial charge in [0.25, 0.3) is 17.7 Å². The standard InChI is InChI=1S/C23H16N4O3S2/c1-12-5-6-13(2)17(10-12)27-21(29)15-8-7-14(11-16(15)22(27)30)19(28)24-23-26-25-20(32-23)18-4-3-9-31-18/h3-11H,1-2H3,(H,24,26,28). The molecule has 158 valence electrons. The Balaban J connectivity index is 1.41. The fourth-order valence-electron chi connectivity index (χ4n) is 3.50. The van der Waals surface area contributed by atoms with E-state index in [1.807, 2.05) is 49.6 Å². The van der Waals surface area contributed by atoms with Gasteiger partial charge in [-0.2, -0.15) is 0 Å². The quantitative estimate of drug-likeness (QED) is 0.436. The van der Waals surface area contributed by atoms with Crippen LogP contribution in [0, 0.1) is 13.8 Å². The van der Waals surface area contributed by atoms with Crippen molar-refractivity contribution in [3.63, 3.8) is 0 Å². The van der Waals surface area contributed by atoms with Crippen LogP contribution in [0.3, 0.4) is 0 Å². The van der Waals surface area contributed by atoms with E-state index in [-0.39, 0.29) is 16.7 Å². The maximum absolute atomic E-state index is 13.1. The van der Waals surface area contributed by atoms with Crippen LogP contribution in [0.1, 0.15) is 42.2 Å². The Morgan fingerprint density at radius 1 is 0.969 bits per heavy atom. The fraction of sp³-hybridized carbons (Fsp3) is 0.0870. The molecule has 0 fully saturated rings. The summed E-state index contributed by atoms with van der Waals surface area (Å²) in [5, 5.41) is 13.9. The van der Waals surface area contributed by atoms with Gasteiger partial charge in [-0.25, -0.2) is 4.90 Å². The molecule has 0 atom stereocenters. The SMILES string of the molecule is Cc1ccc(C)c(N2C(=O)c3ccc(C(=O)Nc4nnc(-c5cccs5)s4)cc3C2=O)c1. The third kappa shape index (κ3) is 3.41. The molecule has 3 amide bonds. The molecule has 1 aliphatic rings. The molecule has 0 bridgehead atoms. The summed E-state index contributed by atoms with van der Waals surface area (Å²) in [6.45, 7) is 3.75. The number of rotatable bonds is 4. The number of benzene rings is 2. The molecule has 3 heterocycles. The Hall–Kier alpha value is -3.69. The minimum Gasteiger partial charge on any atom is -0.296 e. The third-order valence-electron chi connectivity index (χ3n) is 5.13.